The second kappa shape index (κ2) is 7.88. The number of aromatic nitrogens is 1. The Labute approximate surface area is 166 Å². The average molecular weight is 427 g/mol. The minimum absolute atomic E-state index is 0.183. The molecule has 0 radical (unpaired) electrons. The molecular formula is C21H19BrN2O3. The Morgan fingerprint density at radius 2 is 1.67 bits per heavy atom. The average Bonchev–Trinajstić information content (AvgIpc) is 2.99. The van der Waals surface area contributed by atoms with Gasteiger partial charge in [-0.25, -0.2) is 0 Å². The number of hydrogen-bond donors (Lipinski definition) is 0. The van der Waals surface area contributed by atoms with E-state index in [9.17, 15) is 9.59 Å². The topological polar surface area (TPSA) is 63.4 Å². The molecule has 0 unspecified atom stereocenters. The van der Waals surface area contributed by atoms with Crippen LogP contribution in [0, 0.1) is 13.8 Å². The molecule has 1 heterocycles. The summed E-state index contributed by atoms with van der Waals surface area (Å²) in [6.07, 6.45) is 0. The second-order valence-electron chi connectivity index (χ2n) is 6.35. The summed E-state index contributed by atoms with van der Waals surface area (Å²) >= 11 is 3.36. The SMILES string of the molecule is Cc1noc(C)c1CN(C)C(=O)c1ccccc1C(=O)c1ccc(Br)cc1. The van der Waals surface area contributed by atoms with Crippen LogP contribution >= 0.6 is 15.9 Å². The Bertz CT molecular complexity index is 973. The maximum absolute atomic E-state index is 13.0. The van der Waals surface area contributed by atoms with E-state index in [0.717, 1.165) is 15.7 Å². The highest BCUT2D eigenvalue weighted by atomic mass is 79.9. The molecule has 0 saturated heterocycles. The van der Waals surface area contributed by atoms with Crippen LogP contribution in [0.2, 0.25) is 0 Å². The smallest absolute Gasteiger partial charge is 0.254 e. The third-order valence-electron chi connectivity index (χ3n) is 4.43. The quantitative estimate of drug-likeness (QED) is 0.561. The number of rotatable bonds is 5. The molecule has 0 N–H and O–H groups in total. The molecule has 2 aromatic carbocycles. The van der Waals surface area contributed by atoms with Crippen molar-refractivity contribution in [3.05, 3.63) is 86.7 Å². The van der Waals surface area contributed by atoms with Crippen LogP contribution in [0.15, 0.2) is 57.5 Å². The van der Waals surface area contributed by atoms with E-state index in [0.29, 0.717) is 29.0 Å². The minimum atomic E-state index is -0.226. The van der Waals surface area contributed by atoms with Crippen LogP contribution in [0.1, 0.15) is 43.3 Å². The van der Waals surface area contributed by atoms with Crippen molar-refractivity contribution in [3.8, 4) is 0 Å². The predicted octanol–water partition coefficient (Wildman–Crippen LogP) is 4.56. The molecule has 1 aromatic heterocycles. The molecule has 138 valence electrons. The number of carbonyl (C=O) groups is 2. The van der Waals surface area contributed by atoms with Crippen molar-refractivity contribution in [2.75, 3.05) is 7.05 Å². The maximum Gasteiger partial charge on any atom is 0.254 e. The van der Waals surface area contributed by atoms with Crippen molar-refractivity contribution in [1.82, 2.24) is 10.1 Å². The fraction of sp³-hybridized carbons (Fsp3) is 0.190. The van der Waals surface area contributed by atoms with Gasteiger partial charge in [-0.3, -0.25) is 9.59 Å². The highest BCUT2D eigenvalue weighted by Crippen LogP contribution is 2.20. The number of halogens is 1. The van der Waals surface area contributed by atoms with Crippen LogP contribution in [0.3, 0.4) is 0 Å². The fourth-order valence-corrected chi connectivity index (χ4v) is 3.13. The highest BCUT2D eigenvalue weighted by Gasteiger charge is 2.22. The van der Waals surface area contributed by atoms with Gasteiger partial charge in [0.1, 0.15) is 5.76 Å². The Kier molecular flexibility index (Phi) is 5.56. The van der Waals surface area contributed by atoms with Crippen LogP contribution in [0.25, 0.3) is 0 Å². The molecule has 6 heteroatoms. The summed E-state index contributed by atoms with van der Waals surface area (Å²) in [6, 6.07) is 14.0. The first-order valence-corrected chi connectivity index (χ1v) is 9.24. The zero-order valence-electron chi connectivity index (χ0n) is 15.3. The number of carbonyl (C=O) groups excluding carboxylic acids is 2. The number of benzene rings is 2. The molecule has 0 saturated carbocycles. The van der Waals surface area contributed by atoms with Crippen LogP contribution in [-0.2, 0) is 6.54 Å². The molecule has 1 amide bonds. The highest BCUT2D eigenvalue weighted by molar-refractivity contribution is 9.10. The number of ketones is 1. The van der Waals surface area contributed by atoms with Crippen molar-refractivity contribution in [2.24, 2.45) is 0 Å². The van der Waals surface area contributed by atoms with Gasteiger partial charge in [-0.2, -0.15) is 0 Å². The zero-order valence-corrected chi connectivity index (χ0v) is 16.9. The summed E-state index contributed by atoms with van der Waals surface area (Å²) < 4.78 is 6.06. The molecule has 3 rings (SSSR count). The lowest BCUT2D eigenvalue weighted by atomic mass is 9.97. The normalized spacial score (nSPS) is 10.7. The van der Waals surface area contributed by atoms with Gasteiger partial charge in [0.25, 0.3) is 5.91 Å². The number of hydrogen-bond acceptors (Lipinski definition) is 4. The van der Waals surface area contributed by atoms with E-state index in [1.165, 1.54) is 0 Å². The van der Waals surface area contributed by atoms with E-state index in [4.69, 9.17) is 4.52 Å². The predicted molar refractivity (Wildman–Crippen MR) is 106 cm³/mol. The van der Waals surface area contributed by atoms with E-state index in [1.807, 2.05) is 13.8 Å². The van der Waals surface area contributed by atoms with Gasteiger partial charge in [-0.05, 0) is 44.2 Å². The summed E-state index contributed by atoms with van der Waals surface area (Å²) in [6.45, 7) is 4.02. The lowest BCUT2D eigenvalue weighted by Gasteiger charge is -2.18. The molecule has 5 nitrogen and oxygen atoms in total. The van der Waals surface area contributed by atoms with Gasteiger partial charge in [0, 0.05) is 28.2 Å². The molecule has 0 aliphatic rings. The molecule has 0 bridgehead atoms. The third kappa shape index (κ3) is 4.01. The number of amides is 1. The molecule has 0 atom stereocenters. The van der Waals surface area contributed by atoms with Gasteiger partial charge in [-0.1, -0.05) is 39.3 Å². The van der Waals surface area contributed by atoms with Crippen LogP contribution in [0.5, 0.6) is 0 Å². The standard InChI is InChI=1S/C21H19BrN2O3/c1-13-19(14(2)27-23-13)12-24(3)21(26)18-7-5-4-6-17(18)20(25)15-8-10-16(22)11-9-15/h4-11H,12H2,1-3H3. The molecular weight excluding hydrogens is 408 g/mol. The first-order chi connectivity index (χ1) is 12.9. The number of aryl methyl sites for hydroxylation is 2. The van der Waals surface area contributed by atoms with Crippen molar-refractivity contribution in [1.29, 1.82) is 0 Å². The van der Waals surface area contributed by atoms with Crippen molar-refractivity contribution < 1.29 is 14.1 Å². The van der Waals surface area contributed by atoms with Gasteiger partial charge >= 0.3 is 0 Å². The van der Waals surface area contributed by atoms with Crippen LogP contribution < -0.4 is 0 Å². The summed E-state index contributed by atoms with van der Waals surface area (Å²) in [5.41, 5.74) is 2.93. The van der Waals surface area contributed by atoms with Gasteiger partial charge in [0.05, 0.1) is 17.8 Å². The van der Waals surface area contributed by atoms with Gasteiger partial charge in [0.2, 0.25) is 0 Å². The Balaban J connectivity index is 1.89. The summed E-state index contributed by atoms with van der Waals surface area (Å²) in [4.78, 5) is 27.5. The molecule has 0 spiro atoms. The van der Waals surface area contributed by atoms with E-state index in [1.54, 1.807) is 60.5 Å². The van der Waals surface area contributed by atoms with Crippen molar-refractivity contribution in [2.45, 2.75) is 20.4 Å². The zero-order chi connectivity index (χ0) is 19.6. The van der Waals surface area contributed by atoms with Gasteiger partial charge in [0.15, 0.2) is 5.78 Å². The van der Waals surface area contributed by atoms with Crippen molar-refractivity contribution in [3.63, 3.8) is 0 Å². The summed E-state index contributed by atoms with van der Waals surface area (Å²) in [7, 11) is 1.70. The monoisotopic (exact) mass is 426 g/mol. The van der Waals surface area contributed by atoms with E-state index >= 15 is 0 Å². The Hall–Kier alpha value is -2.73. The van der Waals surface area contributed by atoms with Crippen molar-refractivity contribution >= 4 is 27.6 Å². The van der Waals surface area contributed by atoms with Crippen LogP contribution in [0.4, 0.5) is 0 Å². The maximum atomic E-state index is 13.0. The second-order valence-corrected chi connectivity index (χ2v) is 7.26. The molecule has 0 aliphatic carbocycles. The van der Waals surface area contributed by atoms with Gasteiger partial charge < -0.3 is 9.42 Å². The fourth-order valence-electron chi connectivity index (χ4n) is 2.87. The third-order valence-corrected chi connectivity index (χ3v) is 4.96. The minimum Gasteiger partial charge on any atom is -0.361 e. The van der Waals surface area contributed by atoms with E-state index < -0.39 is 0 Å². The molecule has 3 aromatic rings. The van der Waals surface area contributed by atoms with E-state index in [2.05, 4.69) is 21.1 Å². The molecule has 0 fully saturated rings. The Morgan fingerprint density at radius 1 is 1.04 bits per heavy atom. The number of nitrogens with zero attached hydrogens (tertiary/aromatic N) is 2. The molecule has 27 heavy (non-hydrogen) atoms. The first-order valence-electron chi connectivity index (χ1n) is 8.45. The van der Waals surface area contributed by atoms with Gasteiger partial charge in [-0.15, -0.1) is 0 Å². The summed E-state index contributed by atoms with van der Waals surface area (Å²) in [5, 5.41) is 3.92. The van der Waals surface area contributed by atoms with E-state index in [-0.39, 0.29) is 11.7 Å². The lowest BCUT2D eigenvalue weighted by molar-refractivity contribution is 0.0780. The summed E-state index contributed by atoms with van der Waals surface area (Å²) in [5.74, 6) is 0.277. The largest absolute Gasteiger partial charge is 0.361 e. The Morgan fingerprint density at radius 3 is 2.26 bits per heavy atom. The molecule has 0 aliphatic heterocycles. The first kappa shape index (κ1) is 19.0. The lowest BCUT2D eigenvalue weighted by Crippen LogP contribution is -2.28. The van der Waals surface area contributed by atoms with Crippen LogP contribution in [-0.4, -0.2) is 28.8 Å².